The third kappa shape index (κ3) is 1.33. The number of hydrogen-bond donors (Lipinski definition) is 0. The minimum atomic E-state index is -3.38. The molecule has 0 spiro atoms. The summed E-state index contributed by atoms with van der Waals surface area (Å²) < 4.78 is 31.1. The van der Waals surface area contributed by atoms with Crippen LogP contribution in [0.5, 0.6) is 0 Å². The van der Waals surface area contributed by atoms with Gasteiger partial charge in [-0.05, 0) is 32.1 Å². The lowest BCUT2D eigenvalue weighted by Crippen LogP contribution is -2.31. The van der Waals surface area contributed by atoms with Gasteiger partial charge in [0.05, 0.1) is 0 Å². The van der Waals surface area contributed by atoms with Gasteiger partial charge in [-0.25, -0.2) is 8.42 Å². The van der Waals surface area contributed by atoms with Crippen LogP contribution in [0, 0.1) is 25.7 Å². The summed E-state index contributed by atoms with van der Waals surface area (Å²) in [5, 5.41) is 3.70. The molecular weight excluding hydrogens is 228 g/mol. The summed E-state index contributed by atoms with van der Waals surface area (Å²) >= 11 is 0. The molecule has 0 radical (unpaired) electrons. The predicted molar refractivity (Wildman–Crippen MR) is 56.3 cm³/mol. The van der Waals surface area contributed by atoms with Crippen molar-refractivity contribution >= 4 is 10.0 Å². The fourth-order valence-electron chi connectivity index (χ4n) is 2.52. The highest BCUT2D eigenvalue weighted by molar-refractivity contribution is 7.89. The van der Waals surface area contributed by atoms with E-state index in [0.29, 0.717) is 36.4 Å². The van der Waals surface area contributed by atoms with Gasteiger partial charge in [0.15, 0.2) is 5.76 Å². The molecule has 88 valence electrons. The topological polar surface area (TPSA) is 63.4 Å². The van der Waals surface area contributed by atoms with Crippen LogP contribution in [0.2, 0.25) is 0 Å². The van der Waals surface area contributed by atoms with Crippen molar-refractivity contribution in [3.8, 4) is 0 Å². The molecule has 16 heavy (non-hydrogen) atoms. The maximum atomic E-state index is 12.3. The van der Waals surface area contributed by atoms with E-state index in [0.717, 1.165) is 0 Å². The van der Waals surface area contributed by atoms with Crippen LogP contribution in [0.1, 0.15) is 17.9 Å². The van der Waals surface area contributed by atoms with Gasteiger partial charge in [-0.2, -0.15) is 4.31 Å². The average Bonchev–Trinajstić information content (AvgIpc) is 2.65. The Hall–Kier alpha value is -0.880. The summed E-state index contributed by atoms with van der Waals surface area (Å²) in [7, 11) is -3.38. The molecule has 0 N–H and O–H groups in total. The Morgan fingerprint density at radius 1 is 1.31 bits per heavy atom. The third-order valence-corrected chi connectivity index (χ3v) is 5.59. The Balaban J connectivity index is 1.99. The second kappa shape index (κ2) is 3.07. The fraction of sp³-hybridized carbons (Fsp3) is 0.700. The molecule has 2 unspecified atom stereocenters. The molecule has 6 heteroatoms. The minimum absolute atomic E-state index is 0.258. The van der Waals surface area contributed by atoms with Gasteiger partial charge in [-0.1, -0.05) is 5.16 Å². The van der Waals surface area contributed by atoms with Crippen molar-refractivity contribution in [1.29, 1.82) is 0 Å². The quantitative estimate of drug-likeness (QED) is 0.774. The molecular formula is C10H14N2O3S. The van der Waals surface area contributed by atoms with Crippen LogP contribution in [-0.2, 0) is 10.0 Å². The van der Waals surface area contributed by atoms with E-state index in [1.165, 1.54) is 6.42 Å². The molecule has 1 aromatic heterocycles. The van der Waals surface area contributed by atoms with Crippen LogP contribution in [0.15, 0.2) is 9.42 Å². The van der Waals surface area contributed by atoms with E-state index in [1.54, 1.807) is 18.2 Å². The van der Waals surface area contributed by atoms with Crippen molar-refractivity contribution in [2.75, 3.05) is 13.1 Å². The van der Waals surface area contributed by atoms with Crippen molar-refractivity contribution in [3.63, 3.8) is 0 Å². The highest BCUT2D eigenvalue weighted by Gasteiger charge is 2.49. The summed E-state index contributed by atoms with van der Waals surface area (Å²) in [4.78, 5) is 0.258. The molecule has 3 rings (SSSR count). The Bertz CT molecular complexity index is 505. The number of aryl methyl sites for hydroxylation is 2. The first-order valence-electron chi connectivity index (χ1n) is 5.43. The molecule has 2 heterocycles. The van der Waals surface area contributed by atoms with Gasteiger partial charge < -0.3 is 4.52 Å². The van der Waals surface area contributed by atoms with Gasteiger partial charge in [0, 0.05) is 13.1 Å². The Morgan fingerprint density at radius 2 is 1.94 bits per heavy atom. The lowest BCUT2D eigenvalue weighted by atomic mass is 10.4. The molecule has 2 atom stereocenters. The molecule has 0 aromatic carbocycles. The van der Waals surface area contributed by atoms with E-state index in [-0.39, 0.29) is 4.90 Å². The van der Waals surface area contributed by atoms with Crippen molar-refractivity contribution in [1.82, 2.24) is 9.46 Å². The van der Waals surface area contributed by atoms with Crippen LogP contribution < -0.4 is 0 Å². The fourth-order valence-corrected chi connectivity index (χ4v) is 4.37. The summed E-state index contributed by atoms with van der Waals surface area (Å²) in [6.07, 6.45) is 1.19. The zero-order valence-corrected chi connectivity index (χ0v) is 10.1. The second-order valence-corrected chi connectivity index (χ2v) is 6.61. The molecule has 2 fully saturated rings. The van der Waals surface area contributed by atoms with Crippen LogP contribution in [0.3, 0.4) is 0 Å². The predicted octanol–water partition coefficient (Wildman–Crippen LogP) is 0.932. The zero-order chi connectivity index (χ0) is 11.5. The van der Waals surface area contributed by atoms with Crippen molar-refractivity contribution in [3.05, 3.63) is 11.5 Å². The molecule has 1 saturated heterocycles. The molecule has 2 aliphatic rings. The van der Waals surface area contributed by atoms with E-state index in [1.807, 2.05) is 0 Å². The number of aromatic nitrogens is 1. The highest BCUT2D eigenvalue weighted by atomic mass is 32.2. The molecule has 1 saturated carbocycles. The number of piperidine rings is 1. The van der Waals surface area contributed by atoms with E-state index < -0.39 is 10.0 Å². The monoisotopic (exact) mass is 242 g/mol. The van der Waals surface area contributed by atoms with Gasteiger partial charge in [0.25, 0.3) is 0 Å². The van der Waals surface area contributed by atoms with Gasteiger partial charge in [0.2, 0.25) is 10.0 Å². The average molecular weight is 242 g/mol. The van der Waals surface area contributed by atoms with Crippen LogP contribution >= 0.6 is 0 Å². The van der Waals surface area contributed by atoms with Gasteiger partial charge in [0.1, 0.15) is 10.6 Å². The maximum absolute atomic E-state index is 12.3. The first-order chi connectivity index (χ1) is 7.50. The van der Waals surface area contributed by atoms with Gasteiger partial charge in [-0.3, -0.25) is 0 Å². The lowest BCUT2D eigenvalue weighted by molar-refractivity contribution is 0.389. The number of fused-ring (bicyclic) bond motifs is 1. The Morgan fingerprint density at radius 3 is 2.44 bits per heavy atom. The Kier molecular flexibility index (Phi) is 1.98. The number of rotatable bonds is 2. The van der Waals surface area contributed by atoms with Crippen LogP contribution in [0.4, 0.5) is 0 Å². The summed E-state index contributed by atoms with van der Waals surface area (Å²) in [6, 6.07) is 0. The molecule has 1 aliphatic carbocycles. The van der Waals surface area contributed by atoms with E-state index in [4.69, 9.17) is 4.52 Å². The summed E-state index contributed by atoms with van der Waals surface area (Å²) in [5.74, 6) is 1.57. The number of sulfonamides is 1. The minimum Gasteiger partial charge on any atom is -0.360 e. The van der Waals surface area contributed by atoms with Crippen molar-refractivity contribution in [2.45, 2.75) is 25.2 Å². The summed E-state index contributed by atoms with van der Waals surface area (Å²) in [6.45, 7) is 4.64. The van der Waals surface area contributed by atoms with Crippen molar-refractivity contribution in [2.24, 2.45) is 11.8 Å². The van der Waals surface area contributed by atoms with E-state index >= 15 is 0 Å². The van der Waals surface area contributed by atoms with Crippen molar-refractivity contribution < 1.29 is 12.9 Å². The molecule has 1 aliphatic heterocycles. The van der Waals surface area contributed by atoms with Gasteiger partial charge in [-0.15, -0.1) is 0 Å². The Labute approximate surface area is 94.5 Å². The molecule has 0 amide bonds. The second-order valence-electron chi connectivity index (χ2n) is 4.73. The highest BCUT2D eigenvalue weighted by Crippen LogP contribution is 2.46. The van der Waals surface area contributed by atoms with E-state index in [2.05, 4.69) is 5.16 Å². The zero-order valence-electron chi connectivity index (χ0n) is 9.30. The number of nitrogens with zero attached hydrogens (tertiary/aromatic N) is 2. The normalized spacial score (nSPS) is 29.4. The number of hydrogen-bond acceptors (Lipinski definition) is 4. The van der Waals surface area contributed by atoms with E-state index in [9.17, 15) is 8.42 Å². The maximum Gasteiger partial charge on any atom is 0.248 e. The largest absolute Gasteiger partial charge is 0.360 e. The third-order valence-electron chi connectivity index (χ3n) is 3.51. The molecule has 0 bridgehead atoms. The first-order valence-corrected chi connectivity index (χ1v) is 6.87. The molecule has 1 aromatic rings. The van der Waals surface area contributed by atoms with Crippen LogP contribution in [0.25, 0.3) is 0 Å². The van der Waals surface area contributed by atoms with Crippen LogP contribution in [-0.4, -0.2) is 31.0 Å². The van der Waals surface area contributed by atoms with Gasteiger partial charge >= 0.3 is 0 Å². The lowest BCUT2D eigenvalue weighted by Gasteiger charge is -2.17. The molecule has 5 nitrogen and oxygen atoms in total. The summed E-state index contributed by atoms with van der Waals surface area (Å²) in [5.41, 5.74) is 0.457. The smallest absolute Gasteiger partial charge is 0.248 e. The standard InChI is InChI=1S/C10H14N2O3S/c1-6-10(7(2)15-11-6)16(13,14)12-4-8-3-9(8)5-12/h8-9H,3-5H2,1-2H3. The SMILES string of the molecule is Cc1noc(C)c1S(=O)(=O)N1CC2CC2C1. The first kappa shape index (κ1) is 10.3.